The molecule has 0 atom stereocenters. The van der Waals surface area contributed by atoms with Crippen LogP contribution < -0.4 is 4.90 Å². The Morgan fingerprint density at radius 3 is 2.79 bits per heavy atom. The zero-order valence-corrected chi connectivity index (χ0v) is 12.0. The predicted molar refractivity (Wildman–Crippen MR) is 79.7 cm³/mol. The van der Waals surface area contributed by atoms with Crippen molar-refractivity contribution >= 4 is 34.6 Å². The lowest BCUT2D eigenvalue weighted by atomic mass is 10.2. The Hall–Kier alpha value is -1.52. The van der Waals surface area contributed by atoms with E-state index >= 15 is 0 Å². The number of carboxylic acid groups (broad SMARTS) is 1. The van der Waals surface area contributed by atoms with E-state index in [1.807, 2.05) is 18.0 Å². The molecule has 0 radical (unpaired) electrons. The van der Waals surface area contributed by atoms with Crippen LogP contribution >= 0.6 is 22.9 Å². The normalized spacial score (nSPS) is 10.4. The topological polar surface area (TPSA) is 40.5 Å². The third kappa shape index (κ3) is 3.49. The molecule has 2 aromatic rings. The van der Waals surface area contributed by atoms with Crippen molar-refractivity contribution in [3.63, 3.8) is 0 Å². The van der Waals surface area contributed by atoms with E-state index in [4.69, 9.17) is 16.7 Å². The van der Waals surface area contributed by atoms with Gasteiger partial charge in [-0.25, -0.2) is 4.79 Å². The number of nitrogens with zero attached hydrogens (tertiary/aromatic N) is 1. The minimum atomic E-state index is -0.963. The summed E-state index contributed by atoms with van der Waals surface area (Å²) in [5, 5.41) is 11.4. The van der Waals surface area contributed by atoms with Crippen LogP contribution in [0.2, 0.25) is 5.02 Å². The summed E-state index contributed by atoms with van der Waals surface area (Å²) >= 11 is 7.86. The van der Waals surface area contributed by atoms with Gasteiger partial charge in [-0.3, -0.25) is 0 Å². The van der Waals surface area contributed by atoms with Gasteiger partial charge in [-0.1, -0.05) is 17.7 Å². The maximum atomic E-state index is 10.8. The molecule has 0 saturated carbocycles. The number of thiophene rings is 1. The molecule has 1 aromatic heterocycles. The van der Waals surface area contributed by atoms with Crippen molar-refractivity contribution in [1.29, 1.82) is 0 Å². The number of carbonyl (C=O) groups is 1. The smallest absolute Gasteiger partial charge is 0.335 e. The van der Waals surface area contributed by atoms with Crippen molar-refractivity contribution in [2.24, 2.45) is 0 Å². The van der Waals surface area contributed by atoms with Crippen LogP contribution in [0, 0.1) is 0 Å². The lowest BCUT2D eigenvalue weighted by molar-refractivity contribution is 0.0697. The molecular formula is C14H14ClNO2S. The van der Waals surface area contributed by atoms with E-state index in [0.717, 1.165) is 18.7 Å². The molecule has 5 heteroatoms. The number of carboxylic acids is 1. The van der Waals surface area contributed by atoms with Crippen LogP contribution in [0.3, 0.4) is 0 Å². The summed E-state index contributed by atoms with van der Waals surface area (Å²) in [6, 6.07) is 8.95. The Kier molecular flexibility index (Phi) is 4.45. The largest absolute Gasteiger partial charge is 0.478 e. The number of hydrogen-bond donors (Lipinski definition) is 1. The van der Waals surface area contributed by atoms with Gasteiger partial charge < -0.3 is 10.0 Å². The molecule has 100 valence electrons. The predicted octanol–water partition coefficient (Wildman–Crippen LogP) is 3.78. The average Bonchev–Trinajstić information content (AvgIpc) is 2.88. The highest BCUT2D eigenvalue weighted by Crippen LogP contribution is 2.26. The fourth-order valence-electron chi connectivity index (χ4n) is 1.80. The van der Waals surface area contributed by atoms with Crippen molar-refractivity contribution in [3.05, 3.63) is 51.2 Å². The Morgan fingerprint density at radius 1 is 1.42 bits per heavy atom. The molecule has 1 heterocycles. The molecule has 0 aliphatic carbocycles. The summed E-state index contributed by atoms with van der Waals surface area (Å²) in [5.74, 6) is -0.963. The highest BCUT2D eigenvalue weighted by atomic mass is 35.5. The first kappa shape index (κ1) is 13.9. The molecule has 1 aromatic carbocycles. The molecule has 0 fully saturated rings. The molecule has 0 bridgehead atoms. The first-order valence-electron chi connectivity index (χ1n) is 5.84. The van der Waals surface area contributed by atoms with Gasteiger partial charge in [0.15, 0.2) is 0 Å². The molecule has 3 nitrogen and oxygen atoms in total. The van der Waals surface area contributed by atoms with E-state index in [2.05, 4.69) is 11.4 Å². The SMILES string of the molecule is CN(CCc1cccs1)c1ccc(C(=O)O)cc1Cl. The van der Waals surface area contributed by atoms with Gasteiger partial charge in [0.25, 0.3) is 0 Å². The summed E-state index contributed by atoms with van der Waals surface area (Å²) in [6.07, 6.45) is 0.950. The third-order valence-corrected chi connectivity index (χ3v) is 4.12. The molecule has 0 saturated heterocycles. The minimum absolute atomic E-state index is 0.209. The minimum Gasteiger partial charge on any atom is -0.478 e. The number of aromatic carboxylic acids is 1. The molecule has 19 heavy (non-hydrogen) atoms. The molecular weight excluding hydrogens is 282 g/mol. The van der Waals surface area contributed by atoms with Crippen LogP contribution in [-0.4, -0.2) is 24.7 Å². The first-order chi connectivity index (χ1) is 9.08. The third-order valence-electron chi connectivity index (χ3n) is 2.88. The number of likely N-dealkylation sites (N-methyl/N-ethyl adjacent to an activating group) is 1. The molecule has 0 amide bonds. The fraction of sp³-hybridized carbons (Fsp3) is 0.214. The van der Waals surface area contributed by atoms with Crippen molar-refractivity contribution < 1.29 is 9.90 Å². The lowest BCUT2D eigenvalue weighted by Gasteiger charge is -2.20. The number of hydrogen-bond acceptors (Lipinski definition) is 3. The maximum Gasteiger partial charge on any atom is 0.335 e. The van der Waals surface area contributed by atoms with Gasteiger partial charge in [0.05, 0.1) is 16.3 Å². The summed E-state index contributed by atoms with van der Waals surface area (Å²) in [4.78, 5) is 14.2. The zero-order chi connectivity index (χ0) is 13.8. The van der Waals surface area contributed by atoms with Crippen molar-refractivity contribution in [1.82, 2.24) is 0 Å². The van der Waals surface area contributed by atoms with E-state index in [9.17, 15) is 4.79 Å². The number of rotatable bonds is 5. The van der Waals surface area contributed by atoms with Gasteiger partial charge in [0, 0.05) is 18.5 Å². The van der Waals surface area contributed by atoms with Crippen LogP contribution in [0.25, 0.3) is 0 Å². The van der Waals surface area contributed by atoms with Gasteiger partial charge in [-0.05, 0) is 36.1 Å². The Labute approximate surface area is 121 Å². The highest BCUT2D eigenvalue weighted by Gasteiger charge is 2.10. The number of anilines is 1. The summed E-state index contributed by atoms with van der Waals surface area (Å²) in [5.41, 5.74) is 1.06. The summed E-state index contributed by atoms with van der Waals surface area (Å²) in [6.45, 7) is 0.840. The van der Waals surface area contributed by atoms with E-state index in [1.54, 1.807) is 23.5 Å². The number of halogens is 1. The maximum absolute atomic E-state index is 10.8. The van der Waals surface area contributed by atoms with E-state index in [-0.39, 0.29) is 5.56 Å². The second kappa shape index (κ2) is 6.08. The summed E-state index contributed by atoms with van der Waals surface area (Å²) < 4.78 is 0. The van der Waals surface area contributed by atoms with E-state index < -0.39 is 5.97 Å². The van der Waals surface area contributed by atoms with Gasteiger partial charge in [0.2, 0.25) is 0 Å². The van der Waals surface area contributed by atoms with Gasteiger partial charge in [-0.15, -0.1) is 11.3 Å². The number of benzene rings is 1. The Morgan fingerprint density at radius 2 is 2.21 bits per heavy atom. The van der Waals surface area contributed by atoms with E-state index in [0.29, 0.717) is 5.02 Å². The second-order valence-corrected chi connectivity index (χ2v) is 5.66. The standard InChI is InChI=1S/C14H14ClNO2S/c1-16(7-6-11-3-2-8-19-11)13-5-4-10(14(17)18)9-12(13)15/h2-5,8-9H,6-7H2,1H3,(H,17,18). The van der Waals surface area contributed by atoms with Crippen molar-refractivity contribution in [2.45, 2.75) is 6.42 Å². The molecule has 2 rings (SSSR count). The zero-order valence-electron chi connectivity index (χ0n) is 10.5. The lowest BCUT2D eigenvalue weighted by Crippen LogP contribution is -2.20. The molecule has 0 spiro atoms. The van der Waals surface area contributed by atoms with Gasteiger partial charge >= 0.3 is 5.97 Å². The fourth-order valence-corrected chi connectivity index (χ4v) is 2.83. The first-order valence-corrected chi connectivity index (χ1v) is 7.10. The quantitative estimate of drug-likeness (QED) is 0.912. The van der Waals surface area contributed by atoms with Crippen LogP contribution in [0.4, 0.5) is 5.69 Å². The van der Waals surface area contributed by atoms with Gasteiger partial charge in [-0.2, -0.15) is 0 Å². The molecule has 0 unspecified atom stereocenters. The van der Waals surface area contributed by atoms with Crippen LogP contribution in [0.1, 0.15) is 15.2 Å². The Bertz CT molecular complexity index is 569. The average molecular weight is 296 g/mol. The van der Waals surface area contributed by atoms with Gasteiger partial charge in [0.1, 0.15) is 0 Å². The van der Waals surface area contributed by atoms with Crippen LogP contribution in [-0.2, 0) is 6.42 Å². The molecule has 0 aliphatic heterocycles. The molecule has 1 N–H and O–H groups in total. The monoisotopic (exact) mass is 295 g/mol. The molecule has 0 aliphatic rings. The van der Waals surface area contributed by atoms with Crippen LogP contribution in [0.15, 0.2) is 35.7 Å². The van der Waals surface area contributed by atoms with Crippen molar-refractivity contribution in [2.75, 3.05) is 18.5 Å². The highest BCUT2D eigenvalue weighted by molar-refractivity contribution is 7.09. The second-order valence-electron chi connectivity index (χ2n) is 4.22. The van der Waals surface area contributed by atoms with Crippen molar-refractivity contribution in [3.8, 4) is 0 Å². The summed E-state index contributed by atoms with van der Waals surface area (Å²) in [7, 11) is 1.95. The van der Waals surface area contributed by atoms with Crippen LogP contribution in [0.5, 0.6) is 0 Å². The Balaban J connectivity index is 2.06. The van der Waals surface area contributed by atoms with E-state index in [1.165, 1.54) is 10.9 Å².